The Morgan fingerprint density at radius 1 is 1.39 bits per heavy atom. The molecule has 0 spiro atoms. The van der Waals surface area contributed by atoms with Crippen molar-refractivity contribution in [3.8, 4) is 0 Å². The van der Waals surface area contributed by atoms with Crippen molar-refractivity contribution in [3.05, 3.63) is 35.9 Å². The molecule has 0 radical (unpaired) electrons. The highest BCUT2D eigenvalue weighted by atomic mass is 32.2. The SMILES string of the molecule is CC(CNCC1(O)CCSC1)Cc1ccccc1. The molecule has 0 aliphatic carbocycles. The van der Waals surface area contributed by atoms with Crippen LogP contribution in [0.5, 0.6) is 0 Å². The van der Waals surface area contributed by atoms with Crippen molar-refractivity contribution in [2.75, 3.05) is 24.6 Å². The summed E-state index contributed by atoms with van der Waals surface area (Å²) in [6.07, 6.45) is 2.03. The van der Waals surface area contributed by atoms with E-state index in [4.69, 9.17) is 0 Å². The molecule has 2 unspecified atom stereocenters. The second kappa shape index (κ2) is 6.60. The van der Waals surface area contributed by atoms with Crippen LogP contribution in [0, 0.1) is 5.92 Å². The molecule has 2 atom stereocenters. The molecule has 0 saturated carbocycles. The van der Waals surface area contributed by atoms with Crippen molar-refractivity contribution >= 4 is 11.8 Å². The lowest BCUT2D eigenvalue weighted by Gasteiger charge is -2.23. The zero-order valence-electron chi connectivity index (χ0n) is 11.1. The Morgan fingerprint density at radius 3 is 2.83 bits per heavy atom. The Labute approximate surface area is 114 Å². The predicted octanol–water partition coefficient (Wildman–Crippen LogP) is 2.32. The van der Waals surface area contributed by atoms with Gasteiger partial charge < -0.3 is 10.4 Å². The standard InChI is InChI=1S/C15H23NOS/c1-13(9-14-5-3-2-4-6-14)10-16-11-15(17)7-8-18-12-15/h2-6,13,16-17H,7-12H2,1H3. The van der Waals surface area contributed by atoms with Crippen molar-refractivity contribution in [1.29, 1.82) is 0 Å². The minimum Gasteiger partial charge on any atom is -0.388 e. The highest BCUT2D eigenvalue weighted by Gasteiger charge is 2.31. The first kappa shape index (κ1) is 13.9. The van der Waals surface area contributed by atoms with Crippen LogP contribution in [0.1, 0.15) is 18.9 Å². The second-order valence-corrected chi connectivity index (χ2v) is 6.56. The first-order chi connectivity index (χ1) is 8.68. The van der Waals surface area contributed by atoms with E-state index in [2.05, 4.69) is 42.6 Å². The van der Waals surface area contributed by atoms with Crippen LogP contribution in [0.2, 0.25) is 0 Å². The third-order valence-electron chi connectivity index (χ3n) is 3.46. The highest BCUT2D eigenvalue weighted by Crippen LogP contribution is 2.26. The average molecular weight is 265 g/mol. The lowest BCUT2D eigenvalue weighted by molar-refractivity contribution is 0.0670. The normalized spacial score (nSPS) is 25.2. The van der Waals surface area contributed by atoms with Crippen LogP contribution in [-0.2, 0) is 6.42 Å². The molecule has 1 fully saturated rings. The molecule has 2 N–H and O–H groups in total. The first-order valence-electron chi connectivity index (χ1n) is 6.73. The van der Waals surface area contributed by atoms with Crippen LogP contribution in [-0.4, -0.2) is 35.3 Å². The van der Waals surface area contributed by atoms with E-state index < -0.39 is 5.60 Å². The zero-order valence-corrected chi connectivity index (χ0v) is 11.9. The van der Waals surface area contributed by atoms with E-state index in [0.717, 1.165) is 37.4 Å². The Morgan fingerprint density at radius 2 is 2.17 bits per heavy atom. The molecule has 1 aromatic rings. The van der Waals surface area contributed by atoms with Crippen LogP contribution >= 0.6 is 11.8 Å². The fourth-order valence-electron chi connectivity index (χ4n) is 2.38. The van der Waals surface area contributed by atoms with Gasteiger partial charge in [-0.05, 0) is 36.6 Å². The third-order valence-corrected chi connectivity index (χ3v) is 4.69. The second-order valence-electron chi connectivity index (χ2n) is 5.45. The van der Waals surface area contributed by atoms with Crippen LogP contribution in [0.15, 0.2) is 30.3 Å². The van der Waals surface area contributed by atoms with Gasteiger partial charge in [0.25, 0.3) is 0 Å². The quantitative estimate of drug-likeness (QED) is 0.828. The van der Waals surface area contributed by atoms with Gasteiger partial charge >= 0.3 is 0 Å². The van der Waals surface area contributed by atoms with E-state index in [1.54, 1.807) is 0 Å². The molecule has 1 aliphatic rings. The largest absolute Gasteiger partial charge is 0.388 e. The number of nitrogens with one attached hydrogen (secondary N) is 1. The van der Waals surface area contributed by atoms with Gasteiger partial charge in [0.2, 0.25) is 0 Å². The molecule has 0 aromatic heterocycles. The van der Waals surface area contributed by atoms with E-state index in [9.17, 15) is 5.11 Å². The number of rotatable bonds is 6. The summed E-state index contributed by atoms with van der Waals surface area (Å²) in [5.41, 5.74) is 0.930. The third kappa shape index (κ3) is 4.30. The number of benzene rings is 1. The van der Waals surface area contributed by atoms with E-state index in [1.165, 1.54) is 5.56 Å². The van der Waals surface area contributed by atoms with E-state index in [1.807, 2.05) is 11.8 Å². The maximum atomic E-state index is 10.2. The maximum Gasteiger partial charge on any atom is 0.0869 e. The van der Waals surface area contributed by atoms with Crippen LogP contribution in [0.4, 0.5) is 0 Å². The topological polar surface area (TPSA) is 32.3 Å². The van der Waals surface area contributed by atoms with Crippen LogP contribution in [0.3, 0.4) is 0 Å². The minimum atomic E-state index is -0.461. The minimum absolute atomic E-state index is 0.461. The molecule has 1 saturated heterocycles. The molecule has 1 aromatic carbocycles. The first-order valence-corrected chi connectivity index (χ1v) is 7.88. The van der Waals surface area contributed by atoms with Gasteiger partial charge in [0.15, 0.2) is 0 Å². The fraction of sp³-hybridized carbons (Fsp3) is 0.600. The molecule has 1 aliphatic heterocycles. The van der Waals surface area contributed by atoms with E-state index >= 15 is 0 Å². The average Bonchev–Trinajstić information content (AvgIpc) is 2.77. The number of aliphatic hydroxyl groups is 1. The van der Waals surface area contributed by atoms with Gasteiger partial charge in [-0.25, -0.2) is 0 Å². The summed E-state index contributed by atoms with van der Waals surface area (Å²) in [7, 11) is 0. The van der Waals surface area contributed by atoms with Crippen molar-refractivity contribution in [3.63, 3.8) is 0 Å². The maximum absolute atomic E-state index is 10.2. The molecule has 1 heterocycles. The summed E-state index contributed by atoms with van der Waals surface area (Å²) in [5, 5.41) is 13.6. The molecule has 0 amide bonds. The van der Waals surface area contributed by atoms with Crippen LogP contribution in [0.25, 0.3) is 0 Å². The van der Waals surface area contributed by atoms with Crippen LogP contribution < -0.4 is 5.32 Å². The van der Waals surface area contributed by atoms with Gasteiger partial charge in [-0.1, -0.05) is 37.3 Å². The predicted molar refractivity (Wildman–Crippen MR) is 79.1 cm³/mol. The van der Waals surface area contributed by atoms with Crippen molar-refractivity contribution in [2.24, 2.45) is 5.92 Å². The van der Waals surface area contributed by atoms with Gasteiger partial charge in [-0.15, -0.1) is 0 Å². The Bertz CT molecular complexity index is 349. The van der Waals surface area contributed by atoms with E-state index in [0.29, 0.717) is 5.92 Å². The summed E-state index contributed by atoms with van der Waals surface area (Å²) in [6.45, 7) is 3.97. The molecular formula is C15H23NOS. The smallest absolute Gasteiger partial charge is 0.0869 e. The number of hydrogen-bond donors (Lipinski definition) is 2. The molecule has 2 nitrogen and oxygen atoms in total. The lowest BCUT2D eigenvalue weighted by atomic mass is 10.00. The van der Waals surface area contributed by atoms with Gasteiger partial charge in [0.05, 0.1) is 5.60 Å². The molecule has 3 heteroatoms. The van der Waals surface area contributed by atoms with Gasteiger partial charge in [-0.2, -0.15) is 11.8 Å². The fourth-order valence-corrected chi connectivity index (χ4v) is 3.67. The van der Waals surface area contributed by atoms with Crippen molar-refractivity contribution < 1.29 is 5.11 Å². The monoisotopic (exact) mass is 265 g/mol. The lowest BCUT2D eigenvalue weighted by Crippen LogP contribution is -2.42. The number of hydrogen-bond acceptors (Lipinski definition) is 3. The van der Waals surface area contributed by atoms with Crippen molar-refractivity contribution in [2.45, 2.75) is 25.4 Å². The molecule has 2 rings (SSSR count). The van der Waals surface area contributed by atoms with Crippen molar-refractivity contribution in [1.82, 2.24) is 5.32 Å². The zero-order chi connectivity index (χ0) is 12.8. The van der Waals surface area contributed by atoms with Gasteiger partial charge in [-0.3, -0.25) is 0 Å². The summed E-state index contributed by atoms with van der Waals surface area (Å²) in [6, 6.07) is 10.6. The van der Waals surface area contributed by atoms with Gasteiger partial charge in [0.1, 0.15) is 0 Å². The molecule has 100 valence electrons. The number of thioether (sulfide) groups is 1. The molecule has 0 bridgehead atoms. The molecular weight excluding hydrogens is 242 g/mol. The molecule has 18 heavy (non-hydrogen) atoms. The highest BCUT2D eigenvalue weighted by molar-refractivity contribution is 7.99. The Kier molecular flexibility index (Phi) is 5.10. The van der Waals surface area contributed by atoms with Gasteiger partial charge in [0, 0.05) is 12.3 Å². The Balaban J connectivity index is 1.67. The summed E-state index contributed by atoms with van der Waals surface area (Å²) < 4.78 is 0. The Hall–Kier alpha value is -0.510. The summed E-state index contributed by atoms with van der Waals surface area (Å²) in [4.78, 5) is 0. The summed E-state index contributed by atoms with van der Waals surface area (Å²) in [5.74, 6) is 2.58. The summed E-state index contributed by atoms with van der Waals surface area (Å²) >= 11 is 1.85. The van der Waals surface area contributed by atoms with E-state index in [-0.39, 0.29) is 0 Å².